The van der Waals surface area contributed by atoms with E-state index in [2.05, 4.69) is 16.3 Å². The Kier molecular flexibility index (Phi) is 4.48. The number of fused-ring (bicyclic) bond motifs is 1. The highest BCUT2D eigenvalue weighted by Gasteiger charge is 2.23. The Balaban J connectivity index is 1.85. The zero-order chi connectivity index (χ0) is 16.3. The van der Waals surface area contributed by atoms with Crippen molar-refractivity contribution in [1.29, 1.82) is 0 Å². The first-order chi connectivity index (χ1) is 11.1. The van der Waals surface area contributed by atoms with Crippen molar-refractivity contribution in [1.82, 2.24) is 4.90 Å². The molecule has 4 nitrogen and oxygen atoms in total. The molecule has 1 heterocycles. The van der Waals surface area contributed by atoms with Crippen molar-refractivity contribution in [2.75, 3.05) is 13.6 Å². The fourth-order valence-electron chi connectivity index (χ4n) is 2.49. The van der Waals surface area contributed by atoms with Gasteiger partial charge in [-0.2, -0.15) is 0 Å². The van der Waals surface area contributed by atoms with E-state index in [-0.39, 0.29) is 0 Å². The summed E-state index contributed by atoms with van der Waals surface area (Å²) < 4.78 is 17.6. The van der Waals surface area contributed by atoms with Crippen LogP contribution in [0.2, 0.25) is 0 Å². The molecular formula is C18H21N3OS. The van der Waals surface area contributed by atoms with Gasteiger partial charge >= 0.3 is 0 Å². The topological polar surface area (TPSA) is 45.0 Å². The van der Waals surface area contributed by atoms with Crippen molar-refractivity contribution in [2.24, 2.45) is 9.36 Å². The summed E-state index contributed by atoms with van der Waals surface area (Å²) in [5.41, 5.74) is 2.96. The van der Waals surface area contributed by atoms with E-state index in [0.29, 0.717) is 12.3 Å². The van der Waals surface area contributed by atoms with E-state index in [9.17, 15) is 4.21 Å². The molecular weight excluding hydrogens is 306 g/mol. The molecule has 0 N–H and O–H groups in total. The lowest BCUT2D eigenvalue weighted by Crippen LogP contribution is -2.14. The molecule has 2 aromatic carbocycles. The van der Waals surface area contributed by atoms with Gasteiger partial charge in [-0.1, -0.05) is 30.3 Å². The molecule has 120 valence electrons. The normalized spacial score (nSPS) is 19.6. The number of aliphatic imine (C=N–C) groups is 1. The van der Waals surface area contributed by atoms with Gasteiger partial charge in [0.1, 0.15) is 0 Å². The first kappa shape index (κ1) is 15.7. The molecule has 0 aliphatic carbocycles. The zero-order valence-electron chi connectivity index (χ0n) is 13.5. The summed E-state index contributed by atoms with van der Waals surface area (Å²) in [5.74, 6) is 0.474. The first-order valence-electron chi connectivity index (χ1n) is 7.72. The molecule has 1 unspecified atom stereocenters. The summed E-state index contributed by atoms with van der Waals surface area (Å²) in [6.07, 6.45) is 1.81. The maximum Gasteiger partial charge on any atom is 0.0909 e. The predicted molar refractivity (Wildman–Crippen MR) is 95.6 cm³/mol. The second kappa shape index (κ2) is 6.54. The fraction of sp³-hybridized carbons (Fsp3) is 0.278. The molecule has 1 aliphatic heterocycles. The lowest BCUT2D eigenvalue weighted by molar-refractivity contribution is 0.552. The molecule has 3 rings (SSSR count). The molecule has 0 aromatic heterocycles. The number of nitrogens with zero attached hydrogens (tertiary/aromatic N) is 3. The van der Waals surface area contributed by atoms with Gasteiger partial charge in [0.05, 0.1) is 38.9 Å². The van der Waals surface area contributed by atoms with E-state index in [0.717, 1.165) is 28.3 Å². The van der Waals surface area contributed by atoms with Crippen LogP contribution in [0, 0.1) is 0 Å². The SMILES string of the molecule is CCN(C)C=Nc1ccc2c(c1)CN=S2(=O)Cc1ccccc1. The van der Waals surface area contributed by atoms with E-state index in [1.165, 1.54) is 0 Å². The highest BCUT2D eigenvalue weighted by atomic mass is 32.2. The van der Waals surface area contributed by atoms with Gasteiger partial charge < -0.3 is 4.90 Å². The van der Waals surface area contributed by atoms with Gasteiger partial charge in [-0.3, -0.25) is 0 Å². The van der Waals surface area contributed by atoms with E-state index in [4.69, 9.17) is 0 Å². The maximum absolute atomic E-state index is 13.2. The molecule has 1 atom stereocenters. The average Bonchev–Trinajstić information content (AvgIpc) is 2.90. The number of hydrogen-bond donors (Lipinski definition) is 0. The van der Waals surface area contributed by atoms with Gasteiger partial charge in [0.25, 0.3) is 0 Å². The lowest BCUT2D eigenvalue weighted by Gasteiger charge is -2.09. The van der Waals surface area contributed by atoms with E-state index >= 15 is 0 Å². The average molecular weight is 327 g/mol. The molecule has 0 spiro atoms. The molecule has 0 fully saturated rings. The standard InChI is InChI=1S/C18H21N3OS/c1-3-21(2)14-19-17-9-10-18-16(11-17)12-20-23(18,22)13-15-7-5-4-6-8-15/h4-11,14H,3,12-13H2,1-2H3. The molecule has 0 radical (unpaired) electrons. The van der Waals surface area contributed by atoms with Crippen LogP contribution in [0.3, 0.4) is 0 Å². The summed E-state index contributed by atoms with van der Waals surface area (Å²) in [7, 11) is -0.371. The monoisotopic (exact) mass is 327 g/mol. The molecule has 0 bridgehead atoms. The molecule has 0 saturated heterocycles. The number of benzene rings is 2. The third-order valence-corrected chi connectivity index (χ3v) is 6.30. The van der Waals surface area contributed by atoms with Gasteiger partial charge in [-0.15, -0.1) is 0 Å². The van der Waals surface area contributed by atoms with E-state index < -0.39 is 9.73 Å². The van der Waals surface area contributed by atoms with Crippen LogP contribution in [0.5, 0.6) is 0 Å². The van der Waals surface area contributed by atoms with Crippen molar-refractivity contribution in [3.63, 3.8) is 0 Å². The van der Waals surface area contributed by atoms with E-state index in [1.54, 1.807) is 0 Å². The van der Waals surface area contributed by atoms with Crippen LogP contribution in [-0.2, 0) is 22.0 Å². The molecule has 0 amide bonds. The third-order valence-electron chi connectivity index (χ3n) is 3.94. The summed E-state index contributed by atoms with van der Waals surface area (Å²) in [6.45, 7) is 3.50. The Morgan fingerprint density at radius 1 is 1.26 bits per heavy atom. The van der Waals surface area contributed by atoms with Crippen LogP contribution in [0.15, 0.2) is 62.8 Å². The zero-order valence-corrected chi connectivity index (χ0v) is 14.3. The van der Waals surface area contributed by atoms with Crippen LogP contribution < -0.4 is 0 Å². The van der Waals surface area contributed by atoms with E-state index in [1.807, 2.05) is 66.8 Å². The quantitative estimate of drug-likeness (QED) is 0.619. The second-order valence-electron chi connectivity index (χ2n) is 5.67. The highest BCUT2D eigenvalue weighted by Crippen LogP contribution is 2.32. The van der Waals surface area contributed by atoms with Gasteiger partial charge in [0, 0.05) is 13.6 Å². The van der Waals surface area contributed by atoms with Crippen molar-refractivity contribution in [2.45, 2.75) is 24.1 Å². The lowest BCUT2D eigenvalue weighted by atomic mass is 10.2. The first-order valence-corrected chi connectivity index (χ1v) is 9.41. The fourth-order valence-corrected chi connectivity index (χ4v) is 4.69. The highest BCUT2D eigenvalue weighted by molar-refractivity contribution is 7.93. The molecule has 0 saturated carbocycles. The summed E-state index contributed by atoms with van der Waals surface area (Å²) in [4.78, 5) is 7.33. The van der Waals surface area contributed by atoms with Crippen molar-refractivity contribution in [3.8, 4) is 0 Å². The van der Waals surface area contributed by atoms with Crippen molar-refractivity contribution >= 4 is 21.8 Å². The summed E-state index contributed by atoms with van der Waals surface area (Å²) in [6, 6.07) is 15.7. The summed E-state index contributed by atoms with van der Waals surface area (Å²) in [5, 5.41) is 0. The minimum absolute atomic E-state index is 0.474. The Hall–Kier alpha value is -2.14. The molecule has 1 aliphatic rings. The third kappa shape index (κ3) is 3.45. The van der Waals surface area contributed by atoms with Crippen LogP contribution in [0.25, 0.3) is 0 Å². The molecule has 2 aromatic rings. The summed E-state index contributed by atoms with van der Waals surface area (Å²) >= 11 is 0. The second-order valence-corrected chi connectivity index (χ2v) is 7.94. The van der Waals surface area contributed by atoms with Crippen LogP contribution in [0.1, 0.15) is 18.1 Å². The van der Waals surface area contributed by atoms with Crippen LogP contribution in [-0.4, -0.2) is 29.0 Å². The minimum Gasteiger partial charge on any atom is -0.366 e. The van der Waals surface area contributed by atoms with Crippen LogP contribution in [0.4, 0.5) is 5.69 Å². The van der Waals surface area contributed by atoms with Crippen molar-refractivity contribution in [3.05, 3.63) is 59.7 Å². The van der Waals surface area contributed by atoms with Crippen molar-refractivity contribution < 1.29 is 4.21 Å². The van der Waals surface area contributed by atoms with Crippen LogP contribution >= 0.6 is 0 Å². The Labute approximate surface area is 138 Å². The Morgan fingerprint density at radius 3 is 2.78 bits per heavy atom. The minimum atomic E-state index is -2.36. The predicted octanol–water partition coefficient (Wildman–Crippen LogP) is 3.84. The number of rotatable bonds is 5. The van der Waals surface area contributed by atoms with Gasteiger partial charge in [0.15, 0.2) is 0 Å². The van der Waals surface area contributed by atoms with Gasteiger partial charge in [-0.25, -0.2) is 13.6 Å². The Bertz CT molecular complexity index is 837. The van der Waals surface area contributed by atoms with Gasteiger partial charge in [-0.05, 0) is 36.2 Å². The molecule has 23 heavy (non-hydrogen) atoms. The smallest absolute Gasteiger partial charge is 0.0909 e. The molecule has 5 heteroatoms. The largest absolute Gasteiger partial charge is 0.366 e. The Morgan fingerprint density at radius 2 is 2.04 bits per heavy atom. The maximum atomic E-state index is 13.2. The van der Waals surface area contributed by atoms with Gasteiger partial charge in [0.2, 0.25) is 0 Å². The number of hydrogen-bond acceptors (Lipinski definition) is 3.